The number of benzene rings is 2. The highest BCUT2D eigenvalue weighted by Crippen LogP contribution is 2.23. The van der Waals surface area contributed by atoms with E-state index in [-0.39, 0.29) is 29.1 Å². The molecule has 0 saturated heterocycles. The Morgan fingerprint density at radius 3 is 2.81 bits per heavy atom. The number of ketones is 1. The molecule has 0 aliphatic rings. The number of allylic oxidation sites excluding steroid dienone is 1. The van der Waals surface area contributed by atoms with Crippen LogP contribution in [0.5, 0.6) is 5.75 Å². The number of hydrogen-bond donors (Lipinski definition) is 1. The van der Waals surface area contributed by atoms with Crippen LogP contribution in [0.4, 0.5) is 10.1 Å². The predicted molar refractivity (Wildman–Crippen MR) is 122 cm³/mol. The summed E-state index contributed by atoms with van der Waals surface area (Å²) in [5.41, 5.74) is 1.07. The van der Waals surface area contributed by atoms with E-state index in [0.717, 1.165) is 0 Å². The molecule has 0 aliphatic carbocycles. The van der Waals surface area contributed by atoms with Gasteiger partial charge in [-0.3, -0.25) is 14.2 Å². The Balaban J connectivity index is 1.62. The lowest BCUT2D eigenvalue weighted by Gasteiger charge is -2.10. The van der Waals surface area contributed by atoms with Gasteiger partial charge in [-0.1, -0.05) is 41.6 Å². The van der Waals surface area contributed by atoms with E-state index in [1.807, 2.05) is 0 Å². The van der Waals surface area contributed by atoms with E-state index in [0.29, 0.717) is 34.5 Å². The fraction of sp³-hybridized carbons (Fsp3) is 0.182. The molecule has 3 aromatic rings. The van der Waals surface area contributed by atoms with Crippen LogP contribution in [0.2, 0.25) is 5.02 Å². The van der Waals surface area contributed by atoms with Crippen LogP contribution < -0.4 is 10.1 Å². The van der Waals surface area contributed by atoms with Crippen molar-refractivity contribution in [3.8, 4) is 5.75 Å². The second-order valence-electron chi connectivity index (χ2n) is 6.64. The molecule has 1 aromatic heterocycles. The van der Waals surface area contributed by atoms with Gasteiger partial charge < -0.3 is 10.1 Å². The summed E-state index contributed by atoms with van der Waals surface area (Å²) in [6.45, 7) is 5.70. The van der Waals surface area contributed by atoms with Crippen molar-refractivity contribution in [1.29, 1.82) is 0 Å². The van der Waals surface area contributed by atoms with Crippen LogP contribution >= 0.6 is 23.4 Å². The summed E-state index contributed by atoms with van der Waals surface area (Å²) in [5, 5.41) is 11.5. The van der Waals surface area contributed by atoms with Gasteiger partial charge in [0.05, 0.1) is 10.8 Å². The molecule has 10 heteroatoms. The summed E-state index contributed by atoms with van der Waals surface area (Å²) in [6, 6.07) is 10.8. The summed E-state index contributed by atoms with van der Waals surface area (Å²) in [6.07, 6.45) is 1.68. The van der Waals surface area contributed by atoms with Crippen molar-refractivity contribution in [3.05, 3.63) is 77.3 Å². The molecule has 0 atom stereocenters. The minimum Gasteiger partial charge on any atom is -0.486 e. The molecule has 0 aliphatic heterocycles. The Bertz CT molecular complexity index is 1150. The van der Waals surface area contributed by atoms with Gasteiger partial charge in [-0.2, -0.15) is 0 Å². The van der Waals surface area contributed by atoms with E-state index in [1.165, 1.54) is 36.9 Å². The SMILES string of the molecule is C=CCn1c(COc2ccc(F)c(Cl)c2)nnc1SCC(=O)Nc1cccc(C(C)=O)c1. The molecule has 1 amide bonds. The predicted octanol–water partition coefficient (Wildman–Crippen LogP) is 4.77. The third kappa shape index (κ3) is 6.18. The number of anilines is 1. The first-order chi connectivity index (χ1) is 15.4. The quantitative estimate of drug-likeness (QED) is 0.259. The minimum absolute atomic E-state index is 0.0360. The van der Waals surface area contributed by atoms with E-state index >= 15 is 0 Å². The summed E-state index contributed by atoms with van der Waals surface area (Å²) >= 11 is 6.98. The van der Waals surface area contributed by atoms with Gasteiger partial charge >= 0.3 is 0 Å². The zero-order valence-electron chi connectivity index (χ0n) is 17.2. The molecule has 1 N–H and O–H groups in total. The number of nitrogens with one attached hydrogen (secondary N) is 1. The number of nitrogens with zero attached hydrogens (tertiary/aromatic N) is 3. The number of aromatic nitrogens is 3. The monoisotopic (exact) mass is 474 g/mol. The van der Waals surface area contributed by atoms with Crippen molar-refractivity contribution in [2.24, 2.45) is 0 Å². The van der Waals surface area contributed by atoms with Gasteiger partial charge in [0.2, 0.25) is 5.91 Å². The molecule has 0 radical (unpaired) electrons. The Hall–Kier alpha value is -3.17. The lowest BCUT2D eigenvalue weighted by molar-refractivity contribution is -0.113. The highest BCUT2D eigenvalue weighted by atomic mass is 35.5. The minimum atomic E-state index is -0.529. The molecule has 0 bridgehead atoms. The van der Waals surface area contributed by atoms with E-state index in [1.54, 1.807) is 34.9 Å². The van der Waals surface area contributed by atoms with Crippen LogP contribution in [0.3, 0.4) is 0 Å². The fourth-order valence-electron chi connectivity index (χ4n) is 2.70. The maximum atomic E-state index is 13.3. The van der Waals surface area contributed by atoms with Crippen LogP contribution in [0.25, 0.3) is 0 Å². The molecule has 7 nitrogen and oxygen atoms in total. The highest BCUT2D eigenvalue weighted by Gasteiger charge is 2.15. The molecule has 2 aromatic carbocycles. The second-order valence-corrected chi connectivity index (χ2v) is 7.99. The van der Waals surface area contributed by atoms with Gasteiger partial charge in [-0.15, -0.1) is 16.8 Å². The van der Waals surface area contributed by atoms with E-state index < -0.39 is 5.82 Å². The summed E-state index contributed by atoms with van der Waals surface area (Å²) < 4.78 is 20.7. The molecule has 0 fully saturated rings. The number of Topliss-reactive ketones (excluding diaryl/α,β-unsaturated/α-hetero) is 1. The molecular weight excluding hydrogens is 455 g/mol. The Labute approximate surface area is 193 Å². The topological polar surface area (TPSA) is 86.1 Å². The first kappa shape index (κ1) is 23.5. The normalized spacial score (nSPS) is 10.6. The molecule has 1 heterocycles. The van der Waals surface area contributed by atoms with E-state index in [4.69, 9.17) is 16.3 Å². The average Bonchev–Trinajstić information content (AvgIpc) is 3.15. The van der Waals surface area contributed by atoms with Gasteiger partial charge in [0.1, 0.15) is 18.2 Å². The molecule has 3 rings (SSSR count). The zero-order chi connectivity index (χ0) is 23.1. The molecule has 0 spiro atoms. The fourth-order valence-corrected chi connectivity index (χ4v) is 3.64. The van der Waals surface area contributed by atoms with Gasteiger partial charge in [-0.05, 0) is 31.2 Å². The van der Waals surface area contributed by atoms with Gasteiger partial charge in [0.25, 0.3) is 0 Å². The number of rotatable bonds is 10. The van der Waals surface area contributed by atoms with Crippen molar-refractivity contribution >= 4 is 40.7 Å². The molecule has 32 heavy (non-hydrogen) atoms. The average molecular weight is 475 g/mol. The molecular formula is C22H20ClFN4O3S. The van der Waals surface area contributed by atoms with Crippen molar-refractivity contribution < 1.29 is 18.7 Å². The van der Waals surface area contributed by atoms with Crippen LogP contribution in [-0.4, -0.2) is 32.2 Å². The second kappa shape index (κ2) is 10.9. The van der Waals surface area contributed by atoms with Crippen molar-refractivity contribution in [3.63, 3.8) is 0 Å². The van der Waals surface area contributed by atoms with Gasteiger partial charge in [-0.25, -0.2) is 4.39 Å². The first-order valence-electron chi connectivity index (χ1n) is 9.52. The van der Waals surface area contributed by atoms with Crippen LogP contribution in [0.1, 0.15) is 23.1 Å². The van der Waals surface area contributed by atoms with Crippen molar-refractivity contribution in [2.45, 2.75) is 25.2 Å². The smallest absolute Gasteiger partial charge is 0.234 e. The third-order valence-electron chi connectivity index (χ3n) is 4.25. The number of amides is 1. The highest BCUT2D eigenvalue weighted by molar-refractivity contribution is 7.99. The molecule has 166 valence electrons. The number of thioether (sulfide) groups is 1. The maximum Gasteiger partial charge on any atom is 0.234 e. The third-order valence-corrected chi connectivity index (χ3v) is 5.51. The number of carbonyl (C=O) groups is 2. The zero-order valence-corrected chi connectivity index (χ0v) is 18.8. The van der Waals surface area contributed by atoms with Gasteiger partial charge in [0, 0.05) is 23.9 Å². The standard InChI is InChI=1S/C22H20ClFN4O3S/c1-3-9-28-20(12-31-17-7-8-19(24)18(23)11-17)26-27-22(28)32-13-21(30)25-16-6-4-5-15(10-16)14(2)29/h3-8,10-11H,1,9,12-13H2,2H3,(H,25,30). The Kier molecular flexibility index (Phi) is 8.02. The maximum absolute atomic E-state index is 13.3. The Morgan fingerprint density at radius 2 is 2.09 bits per heavy atom. The number of halogens is 2. The number of ether oxygens (including phenoxy) is 1. The summed E-state index contributed by atoms with van der Waals surface area (Å²) in [5.74, 6) is 0.147. The molecule has 0 saturated carbocycles. The largest absolute Gasteiger partial charge is 0.486 e. The summed E-state index contributed by atoms with van der Waals surface area (Å²) in [4.78, 5) is 23.8. The van der Waals surface area contributed by atoms with E-state index in [9.17, 15) is 14.0 Å². The Morgan fingerprint density at radius 1 is 1.28 bits per heavy atom. The number of carbonyl (C=O) groups excluding carboxylic acids is 2. The lowest BCUT2D eigenvalue weighted by atomic mass is 10.1. The van der Waals surface area contributed by atoms with Crippen LogP contribution in [0, 0.1) is 5.82 Å². The van der Waals surface area contributed by atoms with Gasteiger partial charge in [0.15, 0.2) is 16.8 Å². The van der Waals surface area contributed by atoms with Crippen LogP contribution in [-0.2, 0) is 17.9 Å². The van der Waals surface area contributed by atoms with Crippen molar-refractivity contribution in [1.82, 2.24) is 14.8 Å². The first-order valence-corrected chi connectivity index (χ1v) is 10.9. The summed E-state index contributed by atoms with van der Waals surface area (Å²) in [7, 11) is 0. The molecule has 0 unspecified atom stereocenters. The van der Waals surface area contributed by atoms with Crippen LogP contribution in [0.15, 0.2) is 60.3 Å². The lowest BCUT2D eigenvalue weighted by Crippen LogP contribution is -2.15. The van der Waals surface area contributed by atoms with E-state index in [2.05, 4.69) is 22.1 Å². The van der Waals surface area contributed by atoms with Crippen molar-refractivity contribution in [2.75, 3.05) is 11.1 Å². The number of hydrogen-bond acceptors (Lipinski definition) is 6.